The molecule has 3 aliphatic rings. The summed E-state index contributed by atoms with van der Waals surface area (Å²) in [6, 6.07) is 2.18. The number of piperidine rings is 1. The zero-order chi connectivity index (χ0) is 20.1. The number of likely N-dealkylation sites (N-methyl/N-ethyl adjacent to an activating group) is 1. The van der Waals surface area contributed by atoms with Crippen LogP contribution in [0.15, 0.2) is 10.6 Å². The summed E-state index contributed by atoms with van der Waals surface area (Å²) in [4.78, 5) is 17.2. The lowest BCUT2D eigenvalue weighted by atomic mass is 9.80. The second-order valence-electron chi connectivity index (χ2n) is 9.60. The molecular formula is C23H38N4O2. The molecule has 0 bridgehead atoms. The Morgan fingerprint density at radius 3 is 2.69 bits per heavy atom. The number of nitrogens with one attached hydrogen (secondary N) is 1. The van der Waals surface area contributed by atoms with E-state index >= 15 is 0 Å². The van der Waals surface area contributed by atoms with E-state index in [9.17, 15) is 4.79 Å². The minimum Gasteiger partial charge on any atom is -0.361 e. The molecule has 162 valence electrons. The predicted octanol–water partition coefficient (Wildman–Crippen LogP) is 2.73. The lowest BCUT2D eigenvalue weighted by Gasteiger charge is -2.36. The Morgan fingerprint density at radius 1 is 1.10 bits per heavy atom. The number of carbonyl (C=O) groups is 1. The van der Waals surface area contributed by atoms with Gasteiger partial charge in [-0.1, -0.05) is 37.3 Å². The van der Waals surface area contributed by atoms with Crippen molar-refractivity contribution in [3.05, 3.63) is 17.5 Å². The van der Waals surface area contributed by atoms with E-state index in [1.807, 2.05) is 0 Å². The van der Waals surface area contributed by atoms with Gasteiger partial charge < -0.3 is 19.6 Å². The summed E-state index contributed by atoms with van der Waals surface area (Å²) >= 11 is 0. The molecule has 3 heterocycles. The summed E-state index contributed by atoms with van der Waals surface area (Å²) in [5, 5.41) is 7.91. The fourth-order valence-corrected chi connectivity index (χ4v) is 5.39. The Kier molecular flexibility index (Phi) is 7.24. The van der Waals surface area contributed by atoms with E-state index in [1.165, 1.54) is 32.1 Å². The van der Waals surface area contributed by atoms with E-state index in [4.69, 9.17) is 4.52 Å². The molecule has 0 aromatic carbocycles. The number of rotatable bonds is 6. The highest BCUT2D eigenvalue weighted by molar-refractivity contribution is 5.76. The molecule has 4 rings (SSSR count). The first kappa shape index (κ1) is 20.9. The van der Waals surface area contributed by atoms with Crippen molar-refractivity contribution >= 4 is 5.91 Å². The Bertz CT molecular complexity index is 647. The average Bonchev–Trinajstić information content (AvgIpc) is 3.17. The van der Waals surface area contributed by atoms with Crippen LogP contribution in [0.1, 0.15) is 56.4 Å². The number of piperazine rings is 1. The first-order valence-electron chi connectivity index (χ1n) is 11.8. The maximum atomic E-state index is 12.8. The molecule has 1 amide bonds. The molecule has 1 aromatic rings. The Hall–Kier alpha value is -1.40. The van der Waals surface area contributed by atoms with E-state index in [0.717, 1.165) is 75.9 Å². The number of hydrogen-bond donors (Lipinski definition) is 1. The van der Waals surface area contributed by atoms with Crippen LogP contribution >= 0.6 is 0 Å². The third-order valence-corrected chi connectivity index (χ3v) is 7.35. The van der Waals surface area contributed by atoms with E-state index in [2.05, 4.69) is 33.4 Å². The van der Waals surface area contributed by atoms with Gasteiger partial charge in [-0.3, -0.25) is 4.79 Å². The maximum absolute atomic E-state index is 12.8. The number of aromatic nitrogens is 1. The van der Waals surface area contributed by atoms with E-state index in [-0.39, 0.29) is 0 Å². The van der Waals surface area contributed by atoms with Gasteiger partial charge in [0.2, 0.25) is 5.91 Å². The van der Waals surface area contributed by atoms with Gasteiger partial charge in [-0.05, 0) is 50.7 Å². The van der Waals surface area contributed by atoms with Crippen molar-refractivity contribution in [1.29, 1.82) is 0 Å². The Balaban J connectivity index is 1.30. The topological polar surface area (TPSA) is 61.6 Å². The van der Waals surface area contributed by atoms with Gasteiger partial charge in [0, 0.05) is 45.1 Å². The van der Waals surface area contributed by atoms with Gasteiger partial charge in [0.15, 0.2) is 0 Å². The molecule has 2 aliphatic heterocycles. The molecule has 2 atom stereocenters. The van der Waals surface area contributed by atoms with Crippen molar-refractivity contribution in [3.8, 4) is 0 Å². The zero-order valence-corrected chi connectivity index (χ0v) is 18.1. The van der Waals surface area contributed by atoms with Crippen LogP contribution in [0.5, 0.6) is 0 Å². The van der Waals surface area contributed by atoms with Crippen molar-refractivity contribution in [2.75, 3.05) is 46.3 Å². The number of amides is 1. The van der Waals surface area contributed by atoms with Crippen LogP contribution in [-0.2, 0) is 17.6 Å². The van der Waals surface area contributed by atoms with Gasteiger partial charge in [0.1, 0.15) is 5.76 Å². The van der Waals surface area contributed by atoms with Gasteiger partial charge in [0.05, 0.1) is 5.69 Å². The highest BCUT2D eigenvalue weighted by atomic mass is 16.5. The van der Waals surface area contributed by atoms with Crippen LogP contribution < -0.4 is 5.32 Å². The minimum atomic E-state index is 0.341. The average molecular weight is 403 g/mol. The fourth-order valence-electron chi connectivity index (χ4n) is 5.39. The van der Waals surface area contributed by atoms with E-state index < -0.39 is 0 Å². The summed E-state index contributed by atoms with van der Waals surface area (Å²) in [6.07, 6.45) is 10.5. The van der Waals surface area contributed by atoms with E-state index in [0.29, 0.717) is 24.2 Å². The maximum Gasteiger partial charge on any atom is 0.222 e. The summed E-state index contributed by atoms with van der Waals surface area (Å²) in [6.45, 7) is 5.72. The molecule has 3 fully saturated rings. The van der Waals surface area contributed by atoms with E-state index in [1.54, 1.807) is 0 Å². The molecule has 0 unspecified atom stereocenters. The standard InChI is InChI=1S/C23H38N4O2/c1-26-9-11-27(12-10-26)23(28)15-19-7-8-24-17-20(19)14-21-16-22(29-25-21)13-18-5-3-2-4-6-18/h16,18-20,24H,2-15,17H2,1H3/t19-,20-/m0/s1. The molecule has 1 aliphatic carbocycles. The molecular weight excluding hydrogens is 364 g/mol. The number of nitrogens with zero attached hydrogens (tertiary/aromatic N) is 3. The highest BCUT2D eigenvalue weighted by Crippen LogP contribution is 2.29. The monoisotopic (exact) mass is 402 g/mol. The normalized spacial score (nSPS) is 27.3. The number of hydrogen-bond acceptors (Lipinski definition) is 5. The van der Waals surface area contributed by atoms with Gasteiger partial charge in [-0.2, -0.15) is 0 Å². The second kappa shape index (κ2) is 10.1. The molecule has 1 N–H and O–H groups in total. The summed E-state index contributed by atoms with van der Waals surface area (Å²) in [7, 11) is 2.13. The summed E-state index contributed by atoms with van der Waals surface area (Å²) in [5.41, 5.74) is 1.07. The van der Waals surface area contributed by atoms with Crippen molar-refractivity contribution in [1.82, 2.24) is 20.3 Å². The molecule has 1 aromatic heterocycles. The summed E-state index contributed by atoms with van der Waals surface area (Å²) < 4.78 is 5.68. The molecule has 29 heavy (non-hydrogen) atoms. The van der Waals surface area contributed by atoms with Crippen molar-refractivity contribution < 1.29 is 9.32 Å². The first-order chi connectivity index (χ1) is 14.2. The smallest absolute Gasteiger partial charge is 0.222 e. The second-order valence-corrected chi connectivity index (χ2v) is 9.60. The van der Waals surface area contributed by atoms with Crippen LogP contribution in [0.2, 0.25) is 0 Å². The van der Waals surface area contributed by atoms with Crippen LogP contribution in [0, 0.1) is 17.8 Å². The van der Waals surface area contributed by atoms with Gasteiger partial charge in [-0.15, -0.1) is 0 Å². The van der Waals surface area contributed by atoms with Crippen molar-refractivity contribution in [3.63, 3.8) is 0 Å². The van der Waals surface area contributed by atoms with Crippen LogP contribution in [0.3, 0.4) is 0 Å². The zero-order valence-electron chi connectivity index (χ0n) is 18.1. The van der Waals surface area contributed by atoms with Crippen LogP contribution in [0.25, 0.3) is 0 Å². The molecule has 6 nitrogen and oxygen atoms in total. The Morgan fingerprint density at radius 2 is 1.90 bits per heavy atom. The first-order valence-corrected chi connectivity index (χ1v) is 11.8. The van der Waals surface area contributed by atoms with Crippen LogP contribution in [0.4, 0.5) is 0 Å². The predicted molar refractivity (Wildman–Crippen MR) is 114 cm³/mol. The van der Waals surface area contributed by atoms with Crippen molar-refractivity contribution in [2.45, 2.75) is 57.8 Å². The molecule has 6 heteroatoms. The lowest BCUT2D eigenvalue weighted by molar-refractivity contribution is -0.134. The quantitative estimate of drug-likeness (QED) is 0.793. The largest absolute Gasteiger partial charge is 0.361 e. The minimum absolute atomic E-state index is 0.341. The SMILES string of the molecule is CN1CCN(C(=O)C[C@@H]2CCNC[C@@H]2Cc2cc(CC3CCCCC3)on2)CC1. The third-order valence-electron chi connectivity index (χ3n) is 7.35. The molecule has 0 radical (unpaired) electrons. The van der Waals surface area contributed by atoms with Gasteiger partial charge in [-0.25, -0.2) is 0 Å². The fraction of sp³-hybridized carbons (Fsp3) is 0.826. The molecule has 0 spiro atoms. The van der Waals surface area contributed by atoms with Crippen LogP contribution in [-0.4, -0.2) is 67.2 Å². The van der Waals surface area contributed by atoms with Gasteiger partial charge >= 0.3 is 0 Å². The molecule has 2 saturated heterocycles. The number of carbonyl (C=O) groups excluding carboxylic acids is 1. The highest BCUT2D eigenvalue weighted by Gasteiger charge is 2.30. The Labute approximate surface area is 175 Å². The van der Waals surface area contributed by atoms with Gasteiger partial charge in [0.25, 0.3) is 0 Å². The van der Waals surface area contributed by atoms with Crippen molar-refractivity contribution in [2.24, 2.45) is 17.8 Å². The lowest BCUT2D eigenvalue weighted by Crippen LogP contribution is -2.48. The molecule has 1 saturated carbocycles. The summed E-state index contributed by atoms with van der Waals surface area (Å²) in [5.74, 6) is 3.08. The third kappa shape index (κ3) is 5.82.